The molecule has 33 heavy (non-hydrogen) atoms. The standard InChI is InChI=1S/C23H21ClN6O2S/c1-2-3-6-11-28-21(32)17-7-4-5-8-18(17)30-22(28)26-27-23(30)33-14-16-12-20(31)29-13-15(24)9-10-19(29)25-16/h4-5,7-10,12-13H,2-3,6,11,14H2,1H3. The Kier molecular flexibility index (Phi) is 5.90. The fourth-order valence-corrected chi connectivity index (χ4v) is 4.88. The Morgan fingerprint density at radius 2 is 1.91 bits per heavy atom. The largest absolute Gasteiger partial charge is 0.276 e. The maximum absolute atomic E-state index is 13.1. The minimum Gasteiger partial charge on any atom is -0.276 e. The summed E-state index contributed by atoms with van der Waals surface area (Å²) >= 11 is 7.42. The van der Waals surface area contributed by atoms with Crippen LogP contribution in [0.3, 0.4) is 0 Å². The molecule has 0 saturated heterocycles. The zero-order valence-electron chi connectivity index (χ0n) is 17.9. The summed E-state index contributed by atoms with van der Waals surface area (Å²) in [7, 11) is 0. The molecule has 0 aliphatic heterocycles. The molecular formula is C23H21ClN6O2S. The van der Waals surface area contributed by atoms with Crippen LogP contribution in [0.2, 0.25) is 5.02 Å². The lowest BCUT2D eigenvalue weighted by atomic mass is 10.2. The smallest absolute Gasteiger partial charge is 0.262 e. The summed E-state index contributed by atoms with van der Waals surface area (Å²) in [6.45, 7) is 2.72. The number of benzene rings is 1. The van der Waals surface area contributed by atoms with Crippen molar-refractivity contribution in [1.82, 2.24) is 28.5 Å². The maximum atomic E-state index is 13.1. The molecule has 0 spiro atoms. The topological polar surface area (TPSA) is 86.6 Å². The van der Waals surface area contributed by atoms with Gasteiger partial charge in [0.05, 0.1) is 21.6 Å². The number of rotatable bonds is 7. The van der Waals surface area contributed by atoms with Crippen molar-refractivity contribution in [2.24, 2.45) is 0 Å². The fourth-order valence-electron chi connectivity index (χ4n) is 3.89. The highest BCUT2D eigenvalue weighted by molar-refractivity contribution is 7.98. The predicted molar refractivity (Wildman–Crippen MR) is 130 cm³/mol. The summed E-state index contributed by atoms with van der Waals surface area (Å²) < 4.78 is 5.05. The summed E-state index contributed by atoms with van der Waals surface area (Å²) in [5.74, 6) is 0.955. The summed E-state index contributed by atoms with van der Waals surface area (Å²) in [5, 5.41) is 10.5. The van der Waals surface area contributed by atoms with Gasteiger partial charge in [-0.3, -0.25) is 23.0 Å². The van der Waals surface area contributed by atoms with Crippen LogP contribution < -0.4 is 11.1 Å². The normalized spacial score (nSPS) is 11.7. The molecule has 0 radical (unpaired) electrons. The molecule has 0 N–H and O–H groups in total. The van der Waals surface area contributed by atoms with Gasteiger partial charge in [0.2, 0.25) is 5.78 Å². The van der Waals surface area contributed by atoms with Gasteiger partial charge in [0.15, 0.2) is 5.16 Å². The van der Waals surface area contributed by atoms with Crippen molar-refractivity contribution in [3.63, 3.8) is 0 Å². The SMILES string of the molecule is CCCCCn1c(=O)c2ccccc2n2c(SCc3cc(=O)n4cc(Cl)ccc4n3)nnc12. The van der Waals surface area contributed by atoms with E-state index in [2.05, 4.69) is 22.1 Å². The maximum Gasteiger partial charge on any atom is 0.262 e. The van der Waals surface area contributed by atoms with Gasteiger partial charge < -0.3 is 0 Å². The first-order valence-electron chi connectivity index (χ1n) is 10.7. The van der Waals surface area contributed by atoms with Gasteiger partial charge in [-0.05, 0) is 30.7 Å². The monoisotopic (exact) mass is 480 g/mol. The highest BCUT2D eigenvalue weighted by atomic mass is 35.5. The van der Waals surface area contributed by atoms with E-state index < -0.39 is 0 Å². The number of aromatic nitrogens is 6. The van der Waals surface area contributed by atoms with Crippen LogP contribution in [0, 0.1) is 0 Å². The van der Waals surface area contributed by atoms with Gasteiger partial charge in [-0.1, -0.05) is 55.3 Å². The average molecular weight is 481 g/mol. The highest BCUT2D eigenvalue weighted by Gasteiger charge is 2.17. The second-order valence-electron chi connectivity index (χ2n) is 7.75. The minimum absolute atomic E-state index is 0.0546. The lowest BCUT2D eigenvalue weighted by molar-refractivity contribution is 0.594. The quantitative estimate of drug-likeness (QED) is 0.256. The molecule has 0 amide bonds. The zero-order valence-corrected chi connectivity index (χ0v) is 19.5. The van der Waals surface area contributed by atoms with Crippen LogP contribution in [-0.4, -0.2) is 28.5 Å². The Balaban J connectivity index is 1.55. The number of fused-ring (bicyclic) bond motifs is 4. The molecular weight excluding hydrogens is 460 g/mol. The number of unbranched alkanes of at least 4 members (excludes halogenated alkanes) is 2. The first-order chi connectivity index (χ1) is 16.1. The van der Waals surface area contributed by atoms with Crippen molar-refractivity contribution >= 4 is 45.7 Å². The van der Waals surface area contributed by atoms with E-state index in [0.717, 1.165) is 24.8 Å². The number of pyridine rings is 1. The Bertz CT molecular complexity index is 1610. The van der Waals surface area contributed by atoms with Gasteiger partial charge in [-0.25, -0.2) is 4.98 Å². The third-order valence-corrected chi connectivity index (χ3v) is 6.68. The lowest BCUT2D eigenvalue weighted by Crippen LogP contribution is -2.23. The van der Waals surface area contributed by atoms with Gasteiger partial charge in [0.25, 0.3) is 11.1 Å². The van der Waals surface area contributed by atoms with Gasteiger partial charge in [-0.2, -0.15) is 0 Å². The molecule has 0 saturated carbocycles. The molecule has 4 heterocycles. The van der Waals surface area contributed by atoms with Gasteiger partial charge in [0.1, 0.15) is 5.65 Å². The first kappa shape index (κ1) is 21.7. The number of hydrogen-bond donors (Lipinski definition) is 0. The molecule has 0 bridgehead atoms. The zero-order chi connectivity index (χ0) is 22.9. The summed E-state index contributed by atoms with van der Waals surface area (Å²) in [4.78, 5) is 30.2. The van der Waals surface area contributed by atoms with E-state index >= 15 is 0 Å². The second kappa shape index (κ2) is 8.99. The van der Waals surface area contributed by atoms with Crippen molar-refractivity contribution in [2.45, 2.75) is 43.6 Å². The Labute approximate surface area is 197 Å². The third kappa shape index (κ3) is 4.02. The highest BCUT2D eigenvalue weighted by Crippen LogP contribution is 2.24. The Morgan fingerprint density at radius 3 is 2.76 bits per heavy atom. The fraction of sp³-hybridized carbons (Fsp3) is 0.261. The number of nitrogens with zero attached hydrogens (tertiary/aromatic N) is 6. The van der Waals surface area contributed by atoms with Crippen molar-refractivity contribution in [3.05, 3.63) is 80.1 Å². The summed E-state index contributed by atoms with van der Waals surface area (Å²) in [5.41, 5.74) is 1.67. The van der Waals surface area contributed by atoms with Crippen molar-refractivity contribution in [1.29, 1.82) is 0 Å². The van der Waals surface area contributed by atoms with Crippen molar-refractivity contribution < 1.29 is 0 Å². The molecule has 1 aromatic carbocycles. The number of halogens is 1. The lowest BCUT2D eigenvalue weighted by Gasteiger charge is -2.11. The number of para-hydroxylation sites is 1. The van der Waals surface area contributed by atoms with E-state index in [4.69, 9.17) is 11.6 Å². The van der Waals surface area contributed by atoms with Gasteiger partial charge in [-0.15, -0.1) is 10.2 Å². The molecule has 0 fully saturated rings. The van der Waals surface area contributed by atoms with Crippen LogP contribution in [0.4, 0.5) is 0 Å². The van der Waals surface area contributed by atoms with Crippen molar-refractivity contribution in [3.8, 4) is 0 Å². The molecule has 4 aromatic heterocycles. The summed E-state index contributed by atoms with van der Waals surface area (Å²) in [6, 6.07) is 12.4. The Morgan fingerprint density at radius 1 is 1.06 bits per heavy atom. The number of aryl methyl sites for hydroxylation is 1. The molecule has 5 aromatic rings. The van der Waals surface area contributed by atoms with E-state index in [1.165, 1.54) is 22.2 Å². The first-order valence-corrected chi connectivity index (χ1v) is 12.1. The van der Waals surface area contributed by atoms with E-state index in [0.29, 0.717) is 45.0 Å². The molecule has 0 aliphatic rings. The van der Waals surface area contributed by atoms with E-state index in [9.17, 15) is 9.59 Å². The Hall–Kier alpha value is -3.17. The molecule has 0 unspecified atom stereocenters. The van der Waals surface area contributed by atoms with E-state index in [-0.39, 0.29) is 11.1 Å². The molecule has 8 nitrogen and oxygen atoms in total. The van der Waals surface area contributed by atoms with Crippen LogP contribution in [0.1, 0.15) is 31.9 Å². The average Bonchev–Trinajstić information content (AvgIpc) is 3.24. The van der Waals surface area contributed by atoms with Crippen LogP contribution in [0.5, 0.6) is 0 Å². The molecule has 0 aliphatic carbocycles. The van der Waals surface area contributed by atoms with Crippen LogP contribution in [0.25, 0.3) is 22.3 Å². The third-order valence-electron chi connectivity index (χ3n) is 5.49. The van der Waals surface area contributed by atoms with Crippen molar-refractivity contribution in [2.75, 3.05) is 0 Å². The van der Waals surface area contributed by atoms with E-state index in [1.54, 1.807) is 22.9 Å². The predicted octanol–water partition coefficient (Wildman–Crippen LogP) is 4.19. The van der Waals surface area contributed by atoms with Gasteiger partial charge >= 0.3 is 0 Å². The molecule has 168 valence electrons. The number of thioether (sulfide) groups is 1. The van der Waals surface area contributed by atoms with Crippen LogP contribution in [0.15, 0.2) is 63.4 Å². The van der Waals surface area contributed by atoms with Crippen LogP contribution in [-0.2, 0) is 12.3 Å². The minimum atomic E-state index is -0.195. The van der Waals surface area contributed by atoms with E-state index in [1.807, 2.05) is 28.7 Å². The second-order valence-corrected chi connectivity index (χ2v) is 9.13. The molecule has 0 atom stereocenters. The molecule has 10 heteroatoms. The van der Waals surface area contributed by atoms with Crippen LogP contribution >= 0.6 is 23.4 Å². The summed E-state index contributed by atoms with van der Waals surface area (Å²) in [6.07, 6.45) is 4.56. The molecule has 5 rings (SSSR count). The number of hydrogen-bond acceptors (Lipinski definition) is 6. The van der Waals surface area contributed by atoms with Gasteiger partial charge in [0, 0.05) is 24.6 Å².